The van der Waals surface area contributed by atoms with Crippen molar-refractivity contribution < 1.29 is 32.6 Å². The van der Waals surface area contributed by atoms with Crippen LogP contribution in [-0.2, 0) is 9.53 Å². The SMILES string of the molecule is CC(C)(C)OC(=O)N[C@H](C(=O)O)C(c1ccccc1)C(F)(F)F. The van der Waals surface area contributed by atoms with E-state index in [1.807, 2.05) is 0 Å². The van der Waals surface area contributed by atoms with Gasteiger partial charge in [0.15, 0.2) is 0 Å². The number of carbonyl (C=O) groups excluding carboxylic acids is 1. The maximum absolute atomic E-state index is 13.3. The van der Waals surface area contributed by atoms with E-state index >= 15 is 0 Å². The van der Waals surface area contributed by atoms with Crippen LogP contribution < -0.4 is 5.32 Å². The third-order valence-corrected chi connectivity index (χ3v) is 2.78. The Labute approximate surface area is 131 Å². The molecule has 0 saturated heterocycles. The Morgan fingerprint density at radius 2 is 1.65 bits per heavy atom. The van der Waals surface area contributed by atoms with Crippen molar-refractivity contribution in [2.75, 3.05) is 0 Å². The van der Waals surface area contributed by atoms with Crippen LogP contribution in [0.2, 0.25) is 0 Å². The first-order valence-electron chi connectivity index (χ1n) is 6.76. The zero-order valence-electron chi connectivity index (χ0n) is 12.8. The molecule has 0 radical (unpaired) electrons. The Morgan fingerprint density at radius 1 is 1.13 bits per heavy atom. The minimum atomic E-state index is -4.86. The zero-order chi connectivity index (χ0) is 17.8. The van der Waals surface area contributed by atoms with E-state index in [1.54, 1.807) is 5.32 Å². The van der Waals surface area contributed by atoms with Crippen molar-refractivity contribution >= 4 is 12.1 Å². The quantitative estimate of drug-likeness (QED) is 0.886. The summed E-state index contributed by atoms with van der Waals surface area (Å²) in [6, 6.07) is 4.34. The second kappa shape index (κ2) is 6.89. The molecular weight excluding hydrogens is 315 g/mol. The lowest BCUT2D eigenvalue weighted by Gasteiger charge is -2.28. The number of aliphatic carboxylic acids is 1. The Morgan fingerprint density at radius 3 is 2.04 bits per heavy atom. The molecule has 1 unspecified atom stereocenters. The minimum Gasteiger partial charge on any atom is -0.480 e. The smallest absolute Gasteiger partial charge is 0.408 e. The number of halogens is 3. The lowest BCUT2D eigenvalue weighted by atomic mass is 9.91. The standard InChI is InChI=1S/C15H18F3NO4/c1-14(2,3)23-13(22)19-11(12(20)21)10(15(16,17)18)9-7-5-4-6-8-9/h4-8,10-11H,1-3H3,(H,19,22)(H,20,21)/t10?,11-/m0/s1. The first-order chi connectivity index (χ1) is 10.4. The van der Waals surface area contributed by atoms with Crippen LogP contribution in [0.4, 0.5) is 18.0 Å². The molecule has 23 heavy (non-hydrogen) atoms. The van der Waals surface area contributed by atoms with Crippen LogP contribution in [0.5, 0.6) is 0 Å². The normalized spacial score (nSPS) is 14.7. The Balaban J connectivity index is 3.13. The predicted octanol–water partition coefficient (Wildman–Crippen LogP) is 3.31. The van der Waals surface area contributed by atoms with Crippen LogP contribution >= 0.6 is 0 Å². The van der Waals surface area contributed by atoms with Crippen molar-refractivity contribution in [2.45, 2.75) is 44.5 Å². The lowest BCUT2D eigenvalue weighted by molar-refractivity contribution is -0.169. The molecule has 8 heteroatoms. The number of nitrogens with one attached hydrogen (secondary N) is 1. The van der Waals surface area contributed by atoms with Crippen LogP contribution in [0, 0.1) is 0 Å². The number of carboxylic acid groups (broad SMARTS) is 1. The molecular formula is C15H18F3NO4. The molecule has 0 heterocycles. The van der Waals surface area contributed by atoms with Crippen molar-refractivity contribution in [3.05, 3.63) is 35.9 Å². The van der Waals surface area contributed by atoms with Gasteiger partial charge >= 0.3 is 18.2 Å². The highest BCUT2D eigenvalue weighted by Gasteiger charge is 2.49. The number of ether oxygens (including phenoxy) is 1. The van der Waals surface area contributed by atoms with Gasteiger partial charge in [-0.3, -0.25) is 0 Å². The molecule has 0 aliphatic heterocycles. The number of amides is 1. The zero-order valence-corrected chi connectivity index (χ0v) is 12.8. The van der Waals surface area contributed by atoms with Crippen molar-refractivity contribution in [1.82, 2.24) is 5.32 Å². The number of carboxylic acids is 1. The number of hydrogen-bond donors (Lipinski definition) is 2. The van der Waals surface area contributed by atoms with Crippen LogP contribution in [0.15, 0.2) is 30.3 Å². The summed E-state index contributed by atoms with van der Waals surface area (Å²) in [5.41, 5.74) is -1.23. The van der Waals surface area contributed by atoms with Gasteiger partial charge in [-0.15, -0.1) is 0 Å². The number of hydrogen-bond acceptors (Lipinski definition) is 3. The van der Waals surface area contributed by atoms with Crippen molar-refractivity contribution in [3.8, 4) is 0 Å². The molecule has 0 aromatic heterocycles. The fourth-order valence-corrected chi connectivity index (χ4v) is 1.95. The van der Waals surface area contributed by atoms with Crippen LogP contribution in [-0.4, -0.2) is 35.0 Å². The molecule has 0 fully saturated rings. The summed E-state index contributed by atoms with van der Waals surface area (Å²) in [4.78, 5) is 23.0. The number of benzene rings is 1. The number of alkyl halides is 3. The molecule has 1 rings (SSSR count). The molecule has 0 spiro atoms. The third-order valence-electron chi connectivity index (χ3n) is 2.78. The first kappa shape index (κ1) is 18.8. The minimum absolute atomic E-state index is 0.261. The van der Waals surface area contributed by atoms with Crippen molar-refractivity contribution in [3.63, 3.8) is 0 Å². The highest BCUT2D eigenvalue weighted by molar-refractivity contribution is 5.81. The maximum Gasteiger partial charge on any atom is 0.408 e. The van der Waals surface area contributed by atoms with Gasteiger partial charge in [-0.1, -0.05) is 30.3 Å². The topological polar surface area (TPSA) is 75.6 Å². The summed E-state index contributed by atoms with van der Waals surface area (Å²) in [5.74, 6) is -4.20. The summed E-state index contributed by atoms with van der Waals surface area (Å²) < 4.78 is 44.9. The van der Waals surface area contributed by atoms with E-state index < -0.39 is 35.8 Å². The Kier molecular flexibility index (Phi) is 5.63. The molecule has 0 aliphatic carbocycles. The van der Waals surface area contributed by atoms with E-state index in [9.17, 15) is 22.8 Å². The van der Waals surface area contributed by atoms with Crippen molar-refractivity contribution in [1.29, 1.82) is 0 Å². The summed E-state index contributed by atoms with van der Waals surface area (Å²) in [5, 5.41) is 10.9. The highest BCUT2D eigenvalue weighted by Crippen LogP contribution is 2.37. The maximum atomic E-state index is 13.3. The number of alkyl carbamates (subject to hydrolysis) is 1. The molecule has 0 saturated carbocycles. The Hall–Kier alpha value is -2.25. The number of carbonyl (C=O) groups is 2. The fourth-order valence-electron chi connectivity index (χ4n) is 1.95. The van der Waals surface area contributed by atoms with E-state index in [1.165, 1.54) is 39.0 Å². The van der Waals surface area contributed by atoms with Crippen LogP contribution in [0.1, 0.15) is 32.3 Å². The average Bonchev–Trinajstić information content (AvgIpc) is 2.35. The van der Waals surface area contributed by atoms with E-state index in [0.29, 0.717) is 0 Å². The predicted molar refractivity (Wildman–Crippen MR) is 76.0 cm³/mol. The van der Waals surface area contributed by atoms with Gasteiger partial charge in [-0.25, -0.2) is 9.59 Å². The average molecular weight is 333 g/mol. The van der Waals surface area contributed by atoms with Crippen LogP contribution in [0.3, 0.4) is 0 Å². The van der Waals surface area contributed by atoms with Gasteiger partial charge in [0, 0.05) is 0 Å². The molecule has 1 aromatic carbocycles. The van der Waals surface area contributed by atoms with E-state index in [4.69, 9.17) is 9.84 Å². The molecule has 5 nitrogen and oxygen atoms in total. The van der Waals surface area contributed by atoms with Crippen LogP contribution in [0.25, 0.3) is 0 Å². The summed E-state index contributed by atoms with van der Waals surface area (Å²) in [6.07, 6.45) is -6.09. The largest absolute Gasteiger partial charge is 0.480 e. The van der Waals surface area contributed by atoms with E-state index in [-0.39, 0.29) is 5.56 Å². The Bertz CT molecular complexity index is 552. The summed E-state index contributed by atoms with van der Waals surface area (Å²) in [7, 11) is 0. The second-order valence-electron chi connectivity index (χ2n) is 5.89. The third kappa shape index (κ3) is 5.80. The van der Waals surface area contributed by atoms with E-state index in [0.717, 1.165) is 12.1 Å². The summed E-state index contributed by atoms with van der Waals surface area (Å²) >= 11 is 0. The molecule has 2 atom stereocenters. The highest BCUT2D eigenvalue weighted by atomic mass is 19.4. The molecule has 0 bridgehead atoms. The van der Waals surface area contributed by atoms with Gasteiger partial charge in [0.2, 0.25) is 0 Å². The monoisotopic (exact) mass is 333 g/mol. The lowest BCUT2D eigenvalue weighted by Crippen LogP contribution is -2.50. The molecule has 1 amide bonds. The molecule has 0 aliphatic rings. The van der Waals surface area contributed by atoms with Crippen molar-refractivity contribution in [2.24, 2.45) is 0 Å². The fraction of sp³-hybridized carbons (Fsp3) is 0.467. The number of rotatable bonds is 4. The second-order valence-corrected chi connectivity index (χ2v) is 5.89. The molecule has 1 aromatic rings. The van der Waals surface area contributed by atoms with Gasteiger partial charge in [0.25, 0.3) is 0 Å². The van der Waals surface area contributed by atoms with Gasteiger partial charge in [0.05, 0.1) is 0 Å². The van der Waals surface area contributed by atoms with Gasteiger partial charge in [0.1, 0.15) is 17.6 Å². The van der Waals surface area contributed by atoms with Gasteiger partial charge < -0.3 is 15.2 Å². The van der Waals surface area contributed by atoms with Gasteiger partial charge in [-0.2, -0.15) is 13.2 Å². The molecule has 2 N–H and O–H groups in total. The molecule has 128 valence electrons. The summed E-state index contributed by atoms with van der Waals surface area (Å²) in [6.45, 7) is 4.54. The van der Waals surface area contributed by atoms with Gasteiger partial charge in [-0.05, 0) is 26.3 Å². The first-order valence-corrected chi connectivity index (χ1v) is 6.76. The van der Waals surface area contributed by atoms with E-state index in [2.05, 4.69) is 0 Å².